The molecular formula is C12H10F3N3O2. The fraction of sp³-hybridized carbons (Fsp3) is 0.167. The maximum atomic E-state index is 12.6. The van der Waals surface area contributed by atoms with Gasteiger partial charge >= 0.3 is 11.9 Å². The van der Waals surface area contributed by atoms with Crippen LogP contribution >= 0.6 is 0 Å². The number of hydrogen-bond donors (Lipinski definition) is 2. The number of nitrogens with two attached hydrogens (primary N) is 1. The summed E-state index contributed by atoms with van der Waals surface area (Å²) in [6.45, 7) is -0.130. The standard InChI is InChI=1S/C12H10F3N3O2/c13-12(14,15)8-2-1-3-9(4-8)18-6-7(5-16)10(19)17-11(18)20/h1-4,6H,5,16H2,(H,17,19,20). The number of benzene rings is 1. The lowest BCUT2D eigenvalue weighted by molar-refractivity contribution is -0.137. The highest BCUT2D eigenvalue weighted by molar-refractivity contribution is 5.37. The van der Waals surface area contributed by atoms with Crippen molar-refractivity contribution in [1.29, 1.82) is 0 Å². The summed E-state index contributed by atoms with van der Waals surface area (Å²) in [5, 5.41) is 0. The van der Waals surface area contributed by atoms with Crippen molar-refractivity contribution < 1.29 is 13.2 Å². The van der Waals surface area contributed by atoms with Gasteiger partial charge in [-0.2, -0.15) is 13.2 Å². The van der Waals surface area contributed by atoms with E-state index < -0.39 is 23.0 Å². The van der Waals surface area contributed by atoms with Crippen LogP contribution in [0.5, 0.6) is 0 Å². The number of rotatable bonds is 2. The van der Waals surface area contributed by atoms with Crippen molar-refractivity contribution in [2.45, 2.75) is 12.7 Å². The lowest BCUT2D eigenvalue weighted by Crippen LogP contribution is -2.31. The van der Waals surface area contributed by atoms with Crippen LogP contribution in [0, 0.1) is 0 Å². The molecule has 2 aromatic rings. The topological polar surface area (TPSA) is 80.9 Å². The molecule has 1 aromatic carbocycles. The van der Waals surface area contributed by atoms with Crippen molar-refractivity contribution in [3.05, 3.63) is 62.4 Å². The minimum absolute atomic E-state index is 0.00391. The molecule has 0 aliphatic carbocycles. The molecule has 3 N–H and O–H groups in total. The second kappa shape index (κ2) is 4.97. The second-order valence-corrected chi connectivity index (χ2v) is 4.04. The molecule has 20 heavy (non-hydrogen) atoms. The third kappa shape index (κ3) is 2.64. The van der Waals surface area contributed by atoms with Gasteiger partial charge in [0.1, 0.15) is 0 Å². The molecule has 0 saturated carbocycles. The summed E-state index contributed by atoms with van der Waals surface area (Å²) < 4.78 is 38.8. The van der Waals surface area contributed by atoms with E-state index in [0.717, 1.165) is 22.9 Å². The van der Waals surface area contributed by atoms with Crippen LogP contribution in [0.3, 0.4) is 0 Å². The lowest BCUT2D eigenvalue weighted by Gasteiger charge is -2.10. The van der Waals surface area contributed by atoms with Crippen molar-refractivity contribution in [3.63, 3.8) is 0 Å². The van der Waals surface area contributed by atoms with Gasteiger partial charge in [-0.25, -0.2) is 4.79 Å². The minimum Gasteiger partial charge on any atom is -0.326 e. The largest absolute Gasteiger partial charge is 0.416 e. The molecule has 1 aromatic heterocycles. The maximum Gasteiger partial charge on any atom is 0.416 e. The van der Waals surface area contributed by atoms with Crippen LogP contribution in [0.1, 0.15) is 11.1 Å². The van der Waals surface area contributed by atoms with E-state index in [0.29, 0.717) is 0 Å². The third-order valence-electron chi connectivity index (χ3n) is 2.69. The van der Waals surface area contributed by atoms with Gasteiger partial charge in [0.25, 0.3) is 5.56 Å². The highest BCUT2D eigenvalue weighted by atomic mass is 19.4. The zero-order valence-electron chi connectivity index (χ0n) is 10.1. The van der Waals surface area contributed by atoms with Crippen molar-refractivity contribution >= 4 is 0 Å². The Balaban J connectivity index is 2.63. The minimum atomic E-state index is -4.52. The van der Waals surface area contributed by atoms with Crippen molar-refractivity contribution in [1.82, 2.24) is 9.55 Å². The first-order valence-electron chi connectivity index (χ1n) is 5.55. The monoisotopic (exact) mass is 285 g/mol. The van der Waals surface area contributed by atoms with Gasteiger partial charge in [0.2, 0.25) is 0 Å². The summed E-state index contributed by atoms with van der Waals surface area (Å²) in [5.74, 6) is 0. The summed E-state index contributed by atoms with van der Waals surface area (Å²) in [6.07, 6.45) is -3.38. The van der Waals surface area contributed by atoms with E-state index in [9.17, 15) is 22.8 Å². The van der Waals surface area contributed by atoms with E-state index in [1.165, 1.54) is 12.1 Å². The van der Waals surface area contributed by atoms with Crippen molar-refractivity contribution in [3.8, 4) is 5.69 Å². The zero-order chi connectivity index (χ0) is 14.9. The average Bonchev–Trinajstić information content (AvgIpc) is 2.38. The molecule has 0 bridgehead atoms. The molecule has 0 spiro atoms. The Morgan fingerprint density at radius 2 is 1.95 bits per heavy atom. The van der Waals surface area contributed by atoms with Gasteiger partial charge in [-0.3, -0.25) is 14.3 Å². The maximum absolute atomic E-state index is 12.6. The highest BCUT2D eigenvalue weighted by Gasteiger charge is 2.30. The Hall–Kier alpha value is -2.35. The van der Waals surface area contributed by atoms with E-state index in [-0.39, 0.29) is 17.8 Å². The number of aromatic nitrogens is 2. The van der Waals surface area contributed by atoms with Crippen molar-refractivity contribution in [2.75, 3.05) is 0 Å². The number of nitrogens with zero attached hydrogens (tertiary/aromatic N) is 1. The Labute approximate surface area is 110 Å². The van der Waals surface area contributed by atoms with Gasteiger partial charge < -0.3 is 5.73 Å². The van der Waals surface area contributed by atoms with Crippen LogP contribution in [0.2, 0.25) is 0 Å². The molecule has 8 heteroatoms. The summed E-state index contributed by atoms with van der Waals surface area (Å²) in [5.41, 5.74) is 3.06. The van der Waals surface area contributed by atoms with Crippen LogP contribution in [0.15, 0.2) is 40.1 Å². The average molecular weight is 285 g/mol. The Morgan fingerprint density at radius 1 is 1.25 bits per heavy atom. The number of hydrogen-bond acceptors (Lipinski definition) is 3. The first-order chi connectivity index (χ1) is 9.32. The van der Waals surface area contributed by atoms with E-state index in [4.69, 9.17) is 5.73 Å². The fourth-order valence-electron chi connectivity index (χ4n) is 1.68. The molecule has 0 unspecified atom stereocenters. The van der Waals surface area contributed by atoms with Crippen molar-refractivity contribution in [2.24, 2.45) is 5.73 Å². The molecule has 5 nitrogen and oxygen atoms in total. The third-order valence-corrected chi connectivity index (χ3v) is 2.69. The molecule has 0 radical (unpaired) electrons. The van der Waals surface area contributed by atoms with Gasteiger partial charge in [-0.1, -0.05) is 6.07 Å². The smallest absolute Gasteiger partial charge is 0.326 e. The molecule has 0 atom stereocenters. The number of halogens is 3. The highest BCUT2D eigenvalue weighted by Crippen LogP contribution is 2.29. The van der Waals surface area contributed by atoms with E-state index in [2.05, 4.69) is 0 Å². The fourth-order valence-corrected chi connectivity index (χ4v) is 1.68. The predicted octanol–water partition coefficient (Wildman–Crippen LogP) is 1.00. The summed E-state index contributed by atoms with van der Waals surface area (Å²) >= 11 is 0. The molecule has 0 aliphatic heterocycles. The molecule has 106 valence electrons. The summed E-state index contributed by atoms with van der Waals surface area (Å²) in [7, 11) is 0. The summed E-state index contributed by atoms with van der Waals surface area (Å²) in [6, 6.07) is 4.22. The van der Waals surface area contributed by atoms with Gasteiger partial charge in [0.15, 0.2) is 0 Å². The first-order valence-corrected chi connectivity index (χ1v) is 5.55. The van der Waals surface area contributed by atoms with Crippen LogP contribution in [-0.2, 0) is 12.7 Å². The Morgan fingerprint density at radius 3 is 2.55 bits per heavy atom. The predicted molar refractivity (Wildman–Crippen MR) is 65.6 cm³/mol. The van der Waals surface area contributed by atoms with E-state index >= 15 is 0 Å². The number of aromatic amines is 1. The molecule has 0 saturated heterocycles. The molecule has 2 rings (SSSR count). The Kier molecular flexibility index (Phi) is 3.49. The number of H-pyrrole nitrogens is 1. The van der Waals surface area contributed by atoms with Crippen LogP contribution < -0.4 is 17.0 Å². The summed E-state index contributed by atoms with van der Waals surface area (Å²) in [4.78, 5) is 25.0. The Bertz CT molecular complexity index is 747. The molecular weight excluding hydrogens is 275 g/mol. The van der Waals surface area contributed by atoms with Gasteiger partial charge in [0, 0.05) is 18.3 Å². The SMILES string of the molecule is NCc1cn(-c2cccc(C(F)(F)F)c2)c(=O)[nH]c1=O. The van der Waals surface area contributed by atoms with Crippen LogP contribution in [0.4, 0.5) is 13.2 Å². The first kappa shape index (κ1) is 14.1. The van der Waals surface area contributed by atoms with Crippen LogP contribution in [0.25, 0.3) is 5.69 Å². The molecule has 0 aliphatic rings. The second-order valence-electron chi connectivity index (χ2n) is 4.04. The quantitative estimate of drug-likeness (QED) is 0.864. The van der Waals surface area contributed by atoms with E-state index in [1.54, 1.807) is 0 Å². The van der Waals surface area contributed by atoms with Crippen LogP contribution in [-0.4, -0.2) is 9.55 Å². The number of nitrogens with one attached hydrogen (secondary N) is 1. The van der Waals surface area contributed by atoms with Gasteiger partial charge in [-0.15, -0.1) is 0 Å². The van der Waals surface area contributed by atoms with Gasteiger partial charge in [-0.05, 0) is 18.2 Å². The number of alkyl halides is 3. The molecule has 0 fully saturated rings. The zero-order valence-corrected chi connectivity index (χ0v) is 10.1. The normalized spacial score (nSPS) is 11.6. The van der Waals surface area contributed by atoms with E-state index in [1.807, 2.05) is 4.98 Å². The molecule has 1 heterocycles. The molecule has 0 amide bonds. The van der Waals surface area contributed by atoms with Gasteiger partial charge in [0.05, 0.1) is 11.3 Å². The lowest BCUT2D eigenvalue weighted by atomic mass is 10.2.